The molecule has 16 nitrogen and oxygen atoms in total. The van der Waals surface area contributed by atoms with Crippen molar-refractivity contribution in [3.63, 3.8) is 0 Å². The lowest BCUT2D eigenvalue weighted by molar-refractivity contribution is -0.141. The number of allylic oxidation sites excluding steroid dienone is 1. The number of carbonyl (C=O) groups excluding carboxylic acids is 4. The van der Waals surface area contributed by atoms with Crippen molar-refractivity contribution in [3.05, 3.63) is 78.6 Å². The van der Waals surface area contributed by atoms with E-state index in [1.807, 2.05) is 60.7 Å². The molecule has 59 heavy (non-hydrogen) atoms. The fourth-order valence-corrected chi connectivity index (χ4v) is 10.3. The van der Waals surface area contributed by atoms with E-state index in [1.165, 1.54) is 20.9 Å². The van der Waals surface area contributed by atoms with Gasteiger partial charge in [0.05, 0.1) is 33.0 Å². The molecule has 5 aromatic rings. The van der Waals surface area contributed by atoms with E-state index in [1.54, 1.807) is 19.3 Å². The number of thiazole rings is 1. The maximum Gasteiger partial charge on any atom is 0.272 e. The van der Waals surface area contributed by atoms with Gasteiger partial charge in [0.25, 0.3) is 11.8 Å². The molecule has 3 fully saturated rings. The van der Waals surface area contributed by atoms with Crippen LogP contribution >= 0.6 is 11.3 Å². The summed E-state index contributed by atoms with van der Waals surface area (Å²) < 4.78 is 37.2. The SMILES string of the molecule is Cn1ccc(C(=O)N[C@H]2CCCCC/C=C/[C@@H]3C[C@@]3(C(=O)NS(=O)(=O)C3CC3)NC(=O)C3C[C@@H](Oc4nc5ccccc5nc4-c4nc5ccccc5s4)CN3C2=O)n1. The summed E-state index contributed by atoms with van der Waals surface area (Å²) in [7, 11) is -2.23. The Morgan fingerprint density at radius 1 is 0.949 bits per heavy atom. The number of amides is 4. The Labute approximate surface area is 343 Å². The van der Waals surface area contributed by atoms with Crippen molar-refractivity contribution in [1.82, 2.24) is 45.0 Å². The van der Waals surface area contributed by atoms with Crippen molar-refractivity contribution in [2.24, 2.45) is 13.0 Å². The van der Waals surface area contributed by atoms with Gasteiger partial charge in [-0.15, -0.1) is 11.3 Å². The number of ether oxygens (including phenoxy) is 1. The van der Waals surface area contributed by atoms with E-state index >= 15 is 0 Å². The topological polar surface area (TPSA) is 207 Å². The minimum absolute atomic E-state index is 0.00481. The third-order valence-electron chi connectivity index (χ3n) is 11.4. The predicted molar refractivity (Wildman–Crippen MR) is 218 cm³/mol. The predicted octanol–water partition coefficient (Wildman–Crippen LogP) is 3.79. The zero-order chi connectivity index (χ0) is 40.9. The molecular formula is C41H43N9O7S2. The lowest BCUT2D eigenvalue weighted by atomic mass is 10.0. The molecule has 1 unspecified atom stereocenters. The van der Waals surface area contributed by atoms with Gasteiger partial charge < -0.3 is 20.3 Å². The first-order chi connectivity index (χ1) is 28.5. The maximum atomic E-state index is 14.8. The van der Waals surface area contributed by atoms with Crippen LogP contribution in [-0.2, 0) is 31.5 Å². The lowest BCUT2D eigenvalue weighted by Gasteiger charge is -2.29. The lowest BCUT2D eigenvalue weighted by Crippen LogP contribution is -2.58. The number of benzene rings is 2. The van der Waals surface area contributed by atoms with Gasteiger partial charge in [0.2, 0.25) is 27.7 Å². The summed E-state index contributed by atoms with van der Waals surface area (Å²) in [6.07, 6.45) is 8.95. The van der Waals surface area contributed by atoms with Gasteiger partial charge in [0, 0.05) is 25.6 Å². The Morgan fingerprint density at radius 3 is 2.46 bits per heavy atom. The third kappa shape index (κ3) is 7.90. The summed E-state index contributed by atoms with van der Waals surface area (Å²) in [5, 5.41) is 9.94. The number of aromatic nitrogens is 5. The van der Waals surface area contributed by atoms with E-state index < -0.39 is 68.5 Å². The molecular weight excluding hydrogens is 795 g/mol. The van der Waals surface area contributed by atoms with Crippen LogP contribution in [0, 0.1) is 5.92 Å². The van der Waals surface area contributed by atoms with Crippen LogP contribution in [0.5, 0.6) is 5.88 Å². The van der Waals surface area contributed by atoms with Crippen LogP contribution in [0.3, 0.4) is 0 Å². The van der Waals surface area contributed by atoms with Gasteiger partial charge in [-0.1, -0.05) is 49.3 Å². The molecule has 0 bridgehead atoms. The minimum atomic E-state index is -3.92. The molecule has 1 saturated heterocycles. The first-order valence-electron chi connectivity index (χ1n) is 19.9. The summed E-state index contributed by atoms with van der Waals surface area (Å²) in [5.41, 5.74) is 1.02. The van der Waals surface area contributed by atoms with Crippen molar-refractivity contribution in [1.29, 1.82) is 0 Å². The maximum absolute atomic E-state index is 14.8. The molecule has 4 aliphatic rings. The van der Waals surface area contributed by atoms with E-state index in [9.17, 15) is 27.6 Å². The molecule has 3 N–H and O–H groups in total. The Morgan fingerprint density at radius 2 is 1.71 bits per heavy atom. The number of nitrogens with one attached hydrogen (secondary N) is 3. The van der Waals surface area contributed by atoms with Crippen LogP contribution in [0.2, 0.25) is 0 Å². The number of fused-ring (bicyclic) bond motifs is 4. The highest BCUT2D eigenvalue weighted by Crippen LogP contribution is 2.46. The highest BCUT2D eigenvalue weighted by Gasteiger charge is 2.62. The van der Waals surface area contributed by atoms with Gasteiger partial charge in [-0.25, -0.2) is 23.4 Å². The molecule has 0 radical (unpaired) electrons. The Hall–Kier alpha value is -5.75. The molecule has 5 heterocycles. The average molecular weight is 838 g/mol. The smallest absolute Gasteiger partial charge is 0.272 e. The molecule has 2 aliphatic carbocycles. The first kappa shape index (κ1) is 38.8. The standard InChI is InChI=1S/C41H43N9O7S2/c1-49-20-19-30(47-49)35(51)43-31-15-6-4-2-3-5-11-24-22-41(24,40(54)48-59(55,56)26-17-18-26)46-36(52)32-21-25(23-50(32)39(31)53)57-37-34(42-27-12-7-8-13-28(27)44-37)38-45-29-14-9-10-16-33(29)58-38/h5,7-14,16,19-20,24-26,31-32H,2-4,6,15,17-18,21-23H2,1H3,(H,43,51)(H,46,52)(H,48,54)/b11-5+/t24-,25-,31+,32?,41-/m1/s1. The van der Waals surface area contributed by atoms with Crippen molar-refractivity contribution in [2.75, 3.05) is 6.54 Å². The molecule has 2 aliphatic heterocycles. The van der Waals surface area contributed by atoms with Crippen molar-refractivity contribution >= 4 is 66.2 Å². The molecule has 2 aromatic carbocycles. The van der Waals surface area contributed by atoms with Crippen molar-refractivity contribution in [3.8, 4) is 16.6 Å². The Bertz CT molecular complexity index is 2590. The van der Waals surface area contributed by atoms with E-state index in [0.29, 0.717) is 53.8 Å². The van der Waals surface area contributed by atoms with Crippen LogP contribution in [-0.4, -0.2) is 97.2 Å². The first-order valence-corrected chi connectivity index (χ1v) is 22.3. The van der Waals surface area contributed by atoms with E-state index in [2.05, 4.69) is 20.5 Å². The Kier molecular flexibility index (Phi) is 10.1. The van der Waals surface area contributed by atoms with Crippen LogP contribution in [0.25, 0.3) is 32.0 Å². The minimum Gasteiger partial charge on any atom is -0.471 e. The van der Waals surface area contributed by atoms with Gasteiger partial charge in [-0.05, 0) is 68.9 Å². The Balaban J connectivity index is 1.06. The van der Waals surface area contributed by atoms with Gasteiger partial charge in [-0.3, -0.25) is 28.6 Å². The highest BCUT2D eigenvalue weighted by molar-refractivity contribution is 7.91. The average Bonchev–Trinajstić information content (AvgIpc) is 4.04. The number of para-hydroxylation sites is 3. The second kappa shape index (κ2) is 15.4. The van der Waals surface area contributed by atoms with Gasteiger partial charge >= 0.3 is 0 Å². The van der Waals surface area contributed by atoms with Crippen molar-refractivity contribution < 1.29 is 32.3 Å². The summed E-state index contributed by atoms with van der Waals surface area (Å²) >= 11 is 1.44. The number of rotatable bonds is 8. The number of hydrogen-bond acceptors (Lipinski definition) is 12. The van der Waals surface area contributed by atoms with Crippen LogP contribution in [0.1, 0.15) is 68.3 Å². The molecule has 4 amide bonds. The van der Waals surface area contributed by atoms with Crippen LogP contribution in [0.15, 0.2) is 72.9 Å². The van der Waals surface area contributed by atoms with Crippen LogP contribution in [0.4, 0.5) is 0 Å². The fraction of sp³-hybridized carbons (Fsp3) is 0.415. The highest BCUT2D eigenvalue weighted by atomic mass is 32.2. The quantitative estimate of drug-likeness (QED) is 0.192. The van der Waals surface area contributed by atoms with E-state index in [-0.39, 0.29) is 31.0 Å². The number of sulfonamides is 1. The molecule has 0 spiro atoms. The van der Waals surface area contributed by atoms with Gasteiger partial charge in [0.15, 0.2) is 5.69 Å². The third-order valence-corrected chi connectivity index (χ3v) is 14.3. The zero-order valence-electron chi connectivity index (χ0n) is 32.2. The normalized spacial score (nSPS) is 25.6. The largest absolute Gasteiger partial charge is 0.471 e. The van der Waals surface area contributed by atoms with E-state index in [4.69, 9.17) is 19.7 Å². The number of hydrogen-bond donors (Lipinski definition) is 3. The monoisotopic (exact) mass is 837 g/mol. The van der Waals surface area contributed by atoms with Gasteiger partial charge in [-0.2, -0.15) is 5.10 Å². The summed E-state index contributed by atoms with van der Waals surface area (Å²) in [6, 6.07) is 14.5. The van der Waals surface area contributed by atoms with Crippen LogP contribution < -0.4 is 20.1 Å². The summed E-state index contributed by atoms with van der Waals surface area (Å²) in [4.78, 5) is 72.6. The van der Waals surface area contributed by atoms with E-state index in [0.717, 1.165) is 23.1 Å². The molecule has 2 saturated carbocycles. The molecule has 18 heteroatoms. The molecule has 9 rings (SSSR count). The molecule has 5 atom stereocenters. The summed E-state index contributed by atoms with van der Waals surface area (Å²) in [5.74, 6) is -2.73. The number of nitrogens with zero attached hydrogens (tertiary/aromatic N) is 6. The molecule has 306 valence electrons. The zero-order valence-corrected chi connectivity index (χ0v) is 33.9. The van der Waals surface area contributed by atoms with Crippen molar-refractivity contribution in [2.45, 2.75) is 86.8 Å². The summed E-state index contributed by atoms with van der Waals surface area (Å²) in [6.45, 7) is -0.0563. The second-order valence-corrected chi connectivity index (χ2v) is 18.7. The molecule has 3 aromatic heterocycles. The number of aryl methyl sites for hydroxylation is 1. The fourth-order valence-electron chi connectivity index (χ4n) is 7.95. The second-order valence-electron chi connectivity index (χ2n) is 15.7. The number of carbonyl (C=O) groups is 4. The van der Waals surface area contributed by atoms with Gasteiger partial charge in [0.1, 0.15) is 34.4 Å².